The topological polar surface area (TPSA) is 55.3 Å². The number of carbonyl (C=O) groups is 1. The van der Waals surface area contributed by atoms with Crippen LogP contribution in [0.5, 0.6) is 0 Å². The quantitative estimate of drug-likeness (QED) is 0.643. The number of rotatable bonds is 7. The van der Waals surface area contributed by atoms with Gasteiger partial charge in [-0.15, -0.1) is 0 Å². The molecular weight excluding hydrogens is 369 g/mol. The van der Waals surface area contributed by atoms with E-state index in [1.165, 1.54) is 22.5 Å². The van der Waals surface area contributed by atoms with Crippen LogP contribution >= 0.6 is 0 Å². The van der Waals surface area contributed by atoms with Gasteiger partial charge in [-0.1, -0.05) is 36.4 Å². The van der Waals surface area contributed by atoms with Gasteiger partial charge >= 0.3 is 0 Å². The van der Waals surface area contributed by atoms with Gasteiger partial charge in [-0.2, -0.15) is 0 Å². The number of fused-ring (bicyclic) bond motifs is 1. The van der Waals surface area contributed by atoms with E-state index in [-0.39, 0.29) is 23.8 Å². The van der Waals surface area contributed by atoms with Crippen LogP contribution in [-0.4, -0.2) is 30.2 Å². The van der Waals surface area contributed by atoms with E-state index in [2.05, 4.69) is 33.5 Å². The molecule has 3 aromatic rings. The van der Waals surface area contributed by atoms with Crippen LogP contribution in [0.2, 0.25) is 0 Å². The molecule has 0 unspecified atom stereocenters. The summed E-state index contributed by atoms with van der Waals surface area (Å²) in [6.07, 6.45) is 3.27. The van der Waals surface area contributed by atoms with Gasteiger partial charge < -0.3 is 19.9 Å². The van der Waals surface area contributed by atoms with E-state index in [0.29, 0.717) is 31.6 Å². The van der Waals surface area contributed by atoms with Crippen molar-refractivity contribution in [1.29, 1.82) is 0 Å². The molecule has 2 atom stereocenters. The van der Waals surface area contributed by atoms with Gasteiger partial charge in [0, 0.05) is 55.3 Å². The Morgan fingerprint density at radius 2 is 2.00 bits per heavy atom. The molecule has 0 aliphatic carbocycles. The van der Waals surface area contributed by atoms with Crippen molar-refractivity contribution in [3.05, 3.63) is 71.7 Å². The van der Waals surface area contributed by atoms with Crippen LogP contribution in [0.1, 0.15) is 30.0 Å². The maximum Gasteiger partial charge on any atom is 0.220 e. The fourth-order valence-corrected chi connectivity index (χ4v) is 4.12. The first-order valence-electron chi connectivity index (χ1n) is 10.00. The fourth-order valence-electron chi connectivity index (χ4n) is 4.12. The number of halogens is 1. The second-order valence-electron chi connectivity index (χ2n) is 7.45. The molecule has 29 heavy (non-hydrogen) atoms. The number of carbonyl (C=O) groups excluding carboxylic acids is 1. The molecule has 1 amide bonds. The average molecular weight is 395 g/mol. The minimum absolute atomic E-state index is 0.0347. The third kappa shape index (κ3) is 4.18. The van der Waals surface area contributed by atoms with Gasteiger partial charge in [0.15, 0.2) is 0 Å². The molecule has 152 valence electrons. The number of para-hydroxylation sites is 1. The molecule has 2 N–H and O–H groups in total. The molecule has 5 nitrogen and oxygen atoms in total. The predicted molar refractivity (Wildman–Crippen MR) is 111 cm³/mol. The van der Waals surface area contributed by atoms with E-state index in [0.717, 1.165) is 6.54 Å². The summed E-state index contributed by atoms with van der Waals surface area (Å²) in [4.78, 5) is 12.0. The Balaban J connectivity index is 1.56. The number of hydrogen-bond acceptors (Lipinski definition) is 3. The van der Waals surface area contributed by atoms with Crippen molar-refractivity contribution in [2.75, 3.05) is 13.7 Å². The molecule has 1 aliphatic heterocycles. The molecule has 2 aromatic carbocycles. The standard InChI is InChI=1S/C23H26FN3O2/c1-29-13-12-27-15-16(17-6-3-5-9-21(17)27)14-25-20-10-11-22(28)26-23(20)18-7-2-4-8-19(18)24/h2-9,15,20,23,25H,10-14H2,1H3,(H,26,28)/t20-,23+/m1/s1. The van der Waals surface area contributed by atoms with E-state index in [1.54, 1.807) is 25.3 Å². The molecule has 0 bridgehead atoms. The highest BCUT2D eigenvalue weighted by molar-refractivity contribution is 5.84. The maximum absolute atomic E-state index is 14.4. The number of amides is 1. The van der Waals surface area contributed by atoms with Crippen molar-refractivity contribution < 1.29 is 13.9 Å². The summed E-state index contributed by atoms with van der Waals surface area (Å²) in [7, 11) is 1.70. The molecule has 0 radical (unpaired) electrons. The summed E-state index contributed by atoms with van der Waals surface area (Å²) < 4.78 is 21.8. The van der Waals surface area contributed by atoms with E-state index >= 15 is 0 Å². The lowest BCUT2D eigenvalue weighted by Gasteiger charge is -2.33. The molecule has 1 aliphatic rings. The van der Waals surface area contributed by atoms with Gasteiger partial charge in [-0.25, -0.2) is 4.39 Å². The highest BCUT2D eigenvalue weighted by atomic mass is 19.1. The Morgan fingerprint density at radius 3 is 2.83 bits per heavy atom. The minimum Gasteiger partial charge on any atom is -0.383 e. The number of nitrogens with one attached hydrogen (secondary N) is 2. The second-order valence-corrected chi connectivity index (χ2v) is 7.45. The van der Waals surface area contributed by atoms with E-state index in [4.69, 9.17) is 4.74 Å². The highest BCUT2D eigenvalue weighted by Crippen LogP contribution is 2.27. The molecular formula is C23H26FN3O2. The second kappa shape index (κ2) is 8.76. The lowest BCUT2D eigenvalue weighted by Crippen LogP contribution is -2.48. The zero-order chi connectivity index (χ0) is 20.2. The minimum atomic E-state index is -0.376. The van der Waals surface area contributed by atoms with Crippen LogP contribution in [0, 0.1) is 5.82 Å². The monoisotopic (exact) mass is 395 g/mol. The van der Waals surface area contributed by atoms with Crippen LogP contribution < -0.4 is 10.6 Å². The van der Waals surface area contributed by atoms with Gasteiger partial charge in [0.2, 0.25) is 5.91 Å². The molecule has 0 saturated carbocycles. The van der Waals surface area contributed by atoms with Crippen molar-refractivity contribution >= 4 is 16.8 Å². The Labute approximate surface area is 169 Å². The first-order chi connectivity index (χ1) is 14.2. The Kier molecular flexibility index (Phi) is 5.92. The van der Waals surface area contributed by atoms with Crippen molar-refractivity contribution in [2.24, 2.45) is 0 Å². The average Bonchev–Trinajstić information content (AvgIpc) is 3.09. The molecule has 4 rings (SSSR count). The number of methoxy groups -OCH3 is 1. The third-order valence-electron chi connectivity index (χ3n) is 5.60. The molecule has 1 saturated heterocycles. The molecule has 0 spiro atoms. The van der Waals surface area contributed by atoms with Crippen LogP contribution in [0.3, 0.4) is 0 Å². The van der Waals surface area contributed by atoms with Crippen LogP contribution in [-0.2, 0) is 22.6 Å². The first kappa shape index (κ1) is 19.6. The normalized spacial score (nSPS) is 19.4. The maximum atomic E-state index is 14.4. The van der Waals surface area contributed by atoms with Crippen LogP contribution in [0.25, 0.3) is 10.9 Å². The zero-order valence-corrected chi connectivity index (χ0v) is 16.5. The number of benzene rings is 2. The van der Waals surface area contributed by atoms with Gasteiger partial charge in [0.25, 0.3) is 0 Å². The largest absolute Gasteiger partial charge is 0.383 e. The van der Waals surface area contributed by atoms with Crippen molar-refractivity contribution in [3.8, 4) is 0 Å². The Hall–Kier alpha value is -2.70. The van der Waals surface area contributed by atoms with Gasteiger partial charge in [0.1, 0.15) is 5.82 Å². The smallest absolute Gasteiger partial charge is 0.220 e. The molecule has 2 heterocycles. The van der Waals surface area contributed by atoms with Gasteiger partial charge in [-0.05, 0) is 24.1 Å². The zero-order valence-electron chi connectivity index (χ0n) is 16.5. The fraction of sp³-hybridized carbons (Fsp3) is 0.348. The first-order valence-corrected chi connectivity index (χ1v) is 10.00. The number of ether oxygens (including phenoxy) is 1. The SMILES string of the molecule is COCCn1cc(CN[C@@H]2CCC(=O)N[C@H]2c2ccccc2F)c2ccccc21. The van der Waals surface area contributed by atoms with Crippen LogP contribution in [0.15, 0.2) is 54.7 Å². The molecule has 1 aromatic heterocycles. The summed E-state index contributed by atoms with van der Waals surface area (Å²) in [6, 6.07) is 14.5. The summed E-state index contributed by atoms with van der Waals surface area (Å²) in [5.41, 5.74) is 2.88. The van der Waals surface area contributed by atoms with Crippen molar-refractivity contribution in [2.45, 2.75) is 38.0 Å². The summed E-state index contributed by atoms with van der Waals surface area (Å²) >= 11 is 0. The lowest BCUT2D eigenvalue weighted by molar-refractivity contribution is -0.123. The Morgan fingerprint density at radius 1 is 1.21 bits per heavy atom. The number of hydrogen-bond donors (Lipinski definition) is 2. The van der Waals surface area contributed by atoms with E-state index in [1.807, 2.05) is 12.1 Å². The summed E-state index contributed by atoms with van der Waals surface area (Å²) in [5, 5.41) is 7.73. The molecule has 6 heteroatoms. The number of aromatic nitrogens is 1. The molecule has 1 fully saturated rings. The van der Waals surface area contributed by atoms with E-state index in [9.17, 15) is 9.18 Å². The predicted octanol–water partition coefficient (Wildman–Crippen LogP) is 3.54. The van der Waals surface area contributed by atoms with E-state index < -0.39 is 0 Å². The lowest BCUT2D eigenvalue weighted by atomic mass is 9.91. The van der Waals surface area contributed by atoms with Crippen LogP contribution in [0.4, 0.5) is 4.39 Å². The number of nitrogens with zero attached hydrogens (tertiary/aromatic N) is 1. The van der Waals surface area contributed by atoms with Gasteiger partial charge in [0.05, 0.1) is 12.6 Å². The Bertz CT molecular complexity index is 1000. The third-order valence-corrected chi connectivity index (χ3v) is 5.60. The summed E-state index contributed by atoms with van der Waals surface area (Å²) in [5.74, 6) is -0.324. The summed E-state index contributed by atoms with van der Waals surface area (Å²) in [6.45, 7) is 2.08. The highest BCUT2D eigenvalue weighted by Gasteiger charge is 2.31. The number of piperidine rings is 1. The van der Waals surface area contributed by atoms with Crippen molar-refractivity contribution in [3.63, 3.8) is 0 Å². The van der Waals surface area contributed by atoms with Crippen molar-refractivity contribution in [1.82, 2.24) is 15.2 Å². The van der Waals surface area contributed by atoms with Gasteiger partial charge in [-0.3, -0.25) is 4.79 Å².